The zero-order valence-corrected chi connectivity index (χ0v) is 14.4. The second-order valence-corrected chi connectivity index (χ2v) is 6.23. The number of hydrogen-bond donors (Lipinski definition) is 1. The average molecular weight is 399 g/mol. The van der Waals surface area contributed by atoms with E-state index in [0.29, 0.717) is 11.0 Å². The zero-order chi connectivity index (χ0) is 19.4. The third-order valence-electron chi connectivity index (χ3n) is 3.49. The van der Waals surface area contributed by atoms with E-state index >= 15 is 0 Å². The van der Waals surface area contributed by atoms with Gasteiger partial charge in [-0.3, -0.25) is 4.79 Å². The number of carbonyl (C=O) groups excluding carboxylic acids is 1. The van der Waals surface area contributed by atoms with Crippen LogP contribution in [0.4, 0.5) is 23.2 Å². The third-order valence-corrected chi connectivity index (χ3v) is 4.19. The lowest BCUT2D eigenvalue weighted by Gasteiger charge is -2.13. The van der Waals surface area contributed by atoms with Crippen LogP contribution in [0.2, 0.25) is 0 Å². The van der Waals surface area contributed by atoms with Crippen LogP contribution >= 0.6 is 11.8 Å². The van der Waals surface area contributed by atoms with Gasteiger partial charge in [-0.1, -0.05) is 24.3 Å². The number of nitrogens with zero attached hydrogens (tertiary/aromatic N) is 2. The molecular formula is C17H13F4N3O2S. The van der Waals surface area contributed by atoms with E-state index in [-0.39, 0.29) is 34.9 Å². The molecule has 5 nitrogen and oxygen atoms in total. The van der Waals surface area contributed by atoms with E-state index in [9.17, 15) is 22.4 Å². The minimum Gasteiger partial charge on any atom is -0.433 e. The van der Waals surface area contributed by atoms with Crippen molar-refractivity contribution in [2.75, 3.05) is 5.32 Å². The first kappa shape index (κ1) is 19.0. The molecule has 0 unspecified atom stereocenters. The minimum absolute atomic E-state index is 0.0153. The Kier molecular flexibility index (Phi) is 5.84. The lowest BCUT2D eigenvalue weighted by Crippen LogP contribution is -2.20. The van der Waals surface area contributed by atoms with Crippen molar-refractivity contribution in [3.05, 3.63) is 48.5 Å². The Hall–Kier alpha value is -2.75. The molecule has 1 N–H and O–H groups in total. The van der Waals surface area contributed by atoms with E-state index in [1.807, 2.05) is 0 Å². The molecule has 1 amide bonds. The third kappa shape index (κ3) is 4.70. The number of imidazole rings is 1. The van der Waals surface area contributed by atoms with E-state index in [4.69, 9.17) is 0 Å². The topological polar surface area (TPSA) is 56.2 Å². The number of amides is 1. The molecule has 0 spiro atoms. The van der Waals surface area contributed by atoms with Gasteiger partial charge >= 0.3 is 6.61 Å². The van der Waals surface area contributed by atoms with Crippen LogP contribution in [-0.4, -0.2) is 27.8 Å². The summed E-state index contributed by atoms with van der Waals surface area (Å²) in [6.07, 6.45) is 0. The predicted octanol–water partition coefficient (Wildman–Crippen LogP) is 4.59. The maximum absolute atomic E-state index is 12.8. The summed E-state index contributed by atoms with van der Waals surface area (Å²) in [7, 11) is 0. The molecule has 0 atom stereocenters. The van der Waals surface area contributed by atoms with Crippen molar-refractivity contribution < 1.29 is 27.1 Å². The Morgan fingerprint density at radius 3 is 2.56 bits per heavy atom. The fourth-order valence-electron chi connectivity index (χ4n) is 2.48. The van der Waals surface area contributed by atoms with Crippen LogP contribution in [0.1, 0.15) is 0 Å². The van der Waals surface area contributed by atoms with Gasteiger partial charge < -0.3 is 14.6 Å². The number of para-hydroxylation sites is 4. The summed E-state index contributed by atoms with van der Waals surface area (Å²) < 4.78 is 56.3. The number of carbonyl (C=O) groups is 1. The number of aromatic nitrogens is 2. The highest BCUT2D eigenvalue weighted by molar-refractivity contribution is 7.99. The smallest absolute Gasteiger partial charge is 0.387 e. The molecule has 0 aliphatic heterocycles. The molecule has 0 saturated heterocycles. The largest absolute Gasteiger partial charge is 0.433 e. The van der Waals surface area contributed by atoms with Gasteiger partial charge in [-0.2, -0.15) is 17.6 Å². The van der Waals surface area contributed by atoms with Gasteiger partial charge in [-0.15, -0.1) is 0 Å². The second-order valence-electron chi connectivity index (χ2n) is 5.27. The van der Waals surface area contributed by atoms with Gasteiger partial charge in [0, 0.05) is 0 Å². The molecule has 1 heterocycles. The van der Waals surface area contributed by atoms with Gasteiger partial charge in [-0.25, -0.2) is 4.98 Å². The van der Waals surface area contributed by atoms with Crippen LogP contribution in [0, 0.1) is 0 Å². The first-order valence-electron chi connectivity index (χ1n) is 7.68. The van der Waals surface area contributed by atoms with Crippen molar-refractivity contribution in [1.29, 1.82) is 0 Å². The minimum atomic E-state index is -3.05. The van der Waals surface area contributed by atoms with Gasteiger partial charge in [0.1, 0.15) is 12.3 Å². The van der Waals surface area contributed by atoms with E-state index in [1.54, 1.807) is 30.3 Å². The van der Waals surface area contributed by atoms with E-state index in [0.717, 1.165) is 0 Å². The van der Waals surface area contributed by atoms with Gasteiger partial charge in [0.2, 0.25) is 5.91 Å². The zero-order valence-electron chi connectivity index (χ0n) is 13.6. The number of fused-ring (bicyclic) bond motifs is 1. The van der Waals surface area contributed by atoms with Gasteiger partial charge in [0.05, 0.1) is 16.7 Å². The monoisotopic (exact) mass is 399 g/mol. The Balaban J connectivity index is 1.84. The average Bonchev–Trinajstić information content (AvgIpc) is 2.93. The number of halogens is 4. The van der Waals surface area contributed by atoms with E-state index in [1.165, 1.54) is 22.8 Å². The molecule has 0 aliphatic rings. The normalized spacial score (nSPS) is 11.3. The highest BCUT2D eigenvalue weighted by atomic mass is 32.2. The molecule has 0 radical (unpaired) electrons. The Labute approximate surface area is 155 Å². The van der Waals surface area contributed by atoms with Crippen molar-refractivity contribution in [3.63, 3.8) is 0 Å². The predicted molar refractivity (Wildman–Crippen MR) is 93.3 cm³/mol. The molecule has 10 heteroatoms. The molecule has 0 fully saturated rings. The van der Waals surface area contributed by atoms with E-state index in [2.05, 4.69) is 15.0 Å². The Morgan fingerprint density at radius 2 is 1.81 bits per heavy atom. The standard InChI is InChI=1S/C17H13F4N3O2S/c18-15(19)26-13-8-4-2-6-11(13)22-14(25)9-24-12-7-3-1-5-10(12)23-17(24)27-16(20)21/h1-8,15-16H,9H2,(H,22,25). The quantitative estimate of drug-likeness (QED) is 0.466. The number of thioether (sulfide) groups is 1. The summed E-state index contributed by atoms with van der Waals surface area (Å²) in [5, 5.41) is 2.44. The Morgan fingerprint density at radius 1 is 1.11 bits per heavy atom. The maximum atomic E-state index is 12.8. The fraction of sp³-hybridized carbons (Fsp3) is 0.176. The van der Waals surface area contributed by atoms with Crippen LogP contribution in [0.15, 0.2) is 53.7 Å². The molecular weight excluding hydrogens is 386 g/mol. The van der Waals surface area contributed by atoms with Crippen molar-refractivity contribution >= 4 is 34.4 Å². The molecule has 0 aliphatic carbocycles. The van der Waals surface area contributed by atoms with Crippen molar-refractivity contribution in [2.24, 2.45) is 0 Å². The lowest BCUT2D eigenvalue weighted by atomic mass is 10.3. The molecule has 142 valence electrons. The number of alkyl halides is 4. The van der Waals surface area contributed by atoms with Crippen molar-refractivity contribution in [3.8, 4) is 5.75 Å². The molecule has 0 saturated carbocycles. The summed E-state index contributed by atoms with van der Waals surface area (Å²) in [4.78, 5) is 16.5. The lowest BCUT2D eigenvalue weighted by molar-refractivity contribution is -0.116. The van der Waals surface area contributed by atoms with Gasteiger partial charge in [0.15, 0.2) is 5.16 Å². The second kappa shape index (κ2) is 8.30. The van der Waals surface area contributed by atoms with Crippen molar-refractivity contribution in [1.82, 2.24) is 9.55 Å². The molecule has 2 aromatic carbocycles. The highest BCUT2D eigenvalue weighted by Crippen LogP contribution is 2.29. The van der Waals surface area contributed by atoms with Crippen LogP contribution in [0.3, 0.4) is 0 Å². The summed E-state index contributed by atoms with van der Waals surface area (Å²) in [5.74, 6) is -3.50. The van der Waals surface area contributed by atoms with Crippen LogP contribution < -0.4 is 10.1 Å². The first-order valence-corrected chi connectivity index (χ1v) is 8.56. The fourth-order valence-corrected chi connectivity index (χ4v) is 3.08. The molecule has 1 aromatic heterocycles. The highest BCUT2D eigenvalue weighted by Gasteiger charge is 2.18. The number of anilines is 1. The summed E-state index contributed by atoms with van der Waals surface area (Å²) in [6, 6.07) is 12.4. The number of rotatable bonds is 7. The Bertz CT molecular complexity index is 949. The summed E-state index contributed by atoms with van der Waals surface area (Å²) >= 11 is 0.225. The van der Waals surface area contributed by atoms with E-state index < -0.39 is 18.3 Å². The summed E-state index contributed by atoms with van der Waals surface area (Å²) in [6.45, 7) is -3.37. The number of ether oxygens (including phenoxy) is 1. The maximum Gasteiger partial charge on any atom is 0.387 e. The first-order chi connectivity index (χ1) is 12.9. The number of nitrogens with one attached hydrogen (secondary N) is 1. The number of benzene rings is 2. The SMILES string of the molecule is O=C(Cn1c(SC(F)F)nc2ccccc21)Nc1ccccc1OC(F)F. The molecule has 27 heavy (non-hydrogen) atoms. The van der Waals surface area contributed by atoms with Gasteiger partial charge in [0.25, 0.3) is 5.76 Å². The molecule has 3 aromatic rings. The van der Waals surface area contributed by atoms with Crippen LogP contribution in [-0.2, 0) is 11.3 Å². The summed E-state index contributed by atoms with van der Waals surface area (Å²) in [5.41, 5.74) is 1.03. The van der Waals surface area contributed by atoms with Gasteiger partial charge in [-0.05, 0) is 36.0 Å². The molecule has 0 bridgehead atoms. The number of hydrogen-bond acceptors (Lipinski definition) is 4. The molecule has 3 rings (SSSR count). The van der Waals surface area contributed by atoms with Crippen LogP contribution in [0.25, 0.3) is 11.0 Å². The van der Waals surface area contributed by atoms with Crippen molar-refractivity contribution in [2.45, 2.75) is 24.1 Å². The van der Waals surface area contributed by atoms with Crippen LogP contribution in [0.5, 0.6) is 5.75 Å².